The third-order valence-electron chi connectivity index (χ3n) is 6.67. The predicted molar refractivity (Wildman–Crippen MR) is 131 cm³/mol. The molecule has 1 N–H and O–H groups in total. The molecule has 0 amide bonds. The molecule has 1 aliphatic heterocycles. The van der Waals surface area contributed by atoms with Crippen LogP contribution in [0.15, 0.2) is 48.8 Å². The highest BCUT2D eigenvalue weighted by atomic mass is 32.1. The molecule has 5 heterocycles. The molecule has 7 nitrogen and oxygen atoms in total. The number of aryl methyl sites for hydroxylation is 1. The first-order valence-electron chi connectivity index (χ1n) is 11.2. The van der Waals surface area contributed by atoms with Crippen LogP contribution in [-0.4, -0.2) is 51.3 Å². The maximum atomic E-state index is 5.45. The molecule has 1 aliphatic carbocycles. The fourth-order valence-electron chi connectivity index (χ4n) is 4.88. The van der Waals surface area contributed by atoms with E-state index in [2.05, 4.69) is 51.5 Å². The zero-order valence-corrected chi connectivity index (χ0v) is 19.0. The van der Waals surface area contributed by atoms with E-state index in [-0.39, 0.29) is 0 Å². The topological polar surface area (TPSA) is 71.9 Å². The summed E-state index contributed by atoms with van der Waals surface area (Å²) >= 11 is 1.85. The molecule has 8 heteroatoms. The number of nitrogens with one attached hydrogen (secondary N) is 1. The highest BCUT2D eigenvalue weighted by Crippen LogP contribution is 2.46. The fourth-order valence-corrected chi connectivity index (χ4v) is 6.04. The van der Waals surface area contributed by atoms with Gasteiger partial charge in [-0.15, -0.1) is 11.3 Å². The van der Waals surface area contributed by atoms with Gasteiger partial charge in [-0.25, -0.2) is 4.98 Å². The molecular formula is C25H22N6OS. The van der Waals surface area contributed by atoms with Crippen LogP contribution in [0.3, 0.4) is 0 Å². The second kappa shape index (κ2) is 7.26. The van der Waals surface area contributed by atoms with Gasteiger partial charge < -0.3 is 9.64 Å². The number of morpholine rings is 1. The van der Waals surface area contributed by atoms with Crippen molar-refractivity contribution >= 4 is 28.1 Å². The Morgan fingerprint density at radius 1 is 1.03 bits per heavy atom. The van der Waals surface area contributed by atoms with Crippen molar-refractivity contribution in [1.29, 1.82) is 0 Å². The first kappa shape index (κ1) is 19.0. The van der Waals surface area contributed by atoms with E-state index in [0.29, 0.717) is 0 Å². The number of H-pyrrole nitrogens is 1. The average Bonchev–Trinajstić information content (AvgIpc) is 3.61. The van der Waals surface area contributed by atoms with E-state index in [9.17, 15) is 0 Å². The number of aromatic nitrogens is 5. The van der Waals surface area contributed by atoms with Gasteiger partial charge in [-0.05, 0) is 24.3 Å². The lowest BCUT2D eigenvalue weighted by atomic mass is 10.0. The molecule has 0 radical (unpaired) electrons. The minimum atomic E-state index is 0.769. The summed E-state index contributed by atoms with van der Waals surface area (Å²) in [6, 6.07) is 13.0. The molecule has 0 unspecified atom stereocenters. The Bertz CT molecular complexity index is 1490. The summed E-state index contributed by atoms with van der Waals surface area (Å²) < 4.78 is 7.36. The van der Waals surface area contributed by atoms with Gasteiger partial charge in [0.1, 0.15) is 5.82 Å². The van der Waals surface area contributed by atoms with Crippen LogP contribution in [0, 0.1) is 0 Å². The van der Waals surface area contributed by atoms with Gasteiger partial charge in [0.15, 0.2) is 0 Å². The van der Waals surface area contributed by atoms with Gasteiger partial charge in [-0.2, -0.15) is 10.2 Å². The van der Waals surface area contributed by atoms with Crippen molar-refractivity contribution < 1.29 is 4.74 Å². The van der Waals surface area contributed by atoms with Crippen LogP contribution in [-0.2, 0) is 18.2 Å². The Labute approximate surface area is 194 Å². The molecule has 5 aromatic rings. The summed E-state index contributed by atoms with van der Waals surface area (Å²) in [6.07, 6.45) is 4.80. The number of hydrogen-bond donors (Lipinski definition) is 1. The van der Waals surface area contributed by atoms with Crippen molar-refractivity contribution in [2.45, 2.75) is 6.42 Å². The molecule has 4 aromatic heterocycles. The lowest BCUT2D eigenvalue weighted by Gasteiger charge is -2.27. The van der Waals surface area contributed by atoms with Crippen LogP contribution in [0.2, 0.25) is 0 Å². The normalized spacial score (nSPS) is 15.2. The second-order valence-electron chi connectivity index (χ2n) is 8.60. The van der Waals surface area contributed by atoms with Crippen LogP contribution < -0.4 is 4.90 Å². The molecule has 164 valence electrons. The summed E-state index contributed by atoms with van der Waals surface area (Å²) in [6.45, 7) is 3.34. The standard InChI is InChI=1S/C25H22N6OS/c1-30-20-10-15(2-3-16(20)14-27-30)24-19-12-22-18(25(19)29-28-24)11-21(33-22)17-4-5-23(26-13-17)31-6-8-32-9-7-31/h2-5,10-11,13-14H,6-9,12H2,1H3,(H,28,29). The largest absolute Gasteiger partial charge is 0.378 e. The Morgan fingerprint density at radius 2 is 1.91 bits per heavy atom. The summed E-state index contributed by atoms with van der Waals surface area (Å²) in [5.41, 5.74) is 8.14. The van der Waals surface area contributed by atoms with Crippen molar-refractivity contribution in [2.24, 2.45) is 7.05 Å². The van der Waals surface area contributed by atoms with Crippen LogP contribution >= 0.6 is 11.3 Å². The van der Waals surface area contributed by atoms with E-state index < -0.39 is 0 Å². The molecular weight excluding hydrogens is 432 g/mol. The van der Waals surface area contributed by atoms with Gasteiger partial charge in [0, 0.05) is 70.1 Å². The second-order valence-corrected chi connectivity index (χ2v) is 9.73. The van der Waals surface area contributed by atoms with Crippen LogP contribution in [0.1, 0.15) is 10.4 Å². The molecule has 0 saturated carbocycles. The molecule has 1 aromatic carbocycles. The van der Waals surface area contributed by atoms with Gasteiger partial charge >= 0.3 is 0 Å². The van der Waals surface area contributed by atoms with Crippen molar-refractivity contribution in [3.63, 3.8) is 0 Å². The Morgan fingerprint density at radius 3 is 2.76 bits per heavy atom. The molecule has 33 heavy (non-hydrogen) atoms. The minimum Gasteiger partial charge on any atom is -0.378 e. The van der Waals surface area contributed by atoms with E-state index in [4.69, 9.17) is 14.8 Å². The first-order valence-corrected chi connectivity index (χ1v) is 12.0. The SMILES string of the molecule is Cn1ncc2ccc(-c3n[nH]c4c3Cc3sc(-c5ccc(N6CCOCC6)nc5)cc3-4)cc21. The quantitative estimate of drug-likeness (QED) is 0.426. The molecule has 7 rings (SSSR count). The molecule has 1 saturated heterocycles. The minimum absolute atomic E-state index is 0.769. The smallest absolute Gasteiger partial charge is 0.128 e. The summed E-state index contributed by atoms with van der Waals surface area (Å²) in [7, 11) is 1.97. The lowest BCUT2D eigenvalue weighted by Crippen LogP contribution is -2.36. The molecule has 0 bridgehead atoms. The molecule has 0 spiro atoms. The summed E-state index contributed by atoms with van der Waals surface area (Å²) in [5.74, 6) is 1.03. The Kier molecular flexibility index (Phi) is 4.19. The Balaban J connectivity index is 1.19. The van der Waals surface area contributed by atoms with Gasteiger partial charge in [-0.3, -0.25) is 9.78 Å². The monoisotopic (exact) mass is 454 g/mol. The number of rotatable bonds is 3. The van der Waals surface area contributed by atoms with Crippen molar-refractivity contribution in [2.75, 3.05) is 31.2 Å². The van der Waals surface area contributed by atoms with E-state index in [1.807, 2.05) is 35.5 Å². The maximum Gasteiger partial charge on any atom is 0.128 e. The van der Waals surface area contributed by atoms with Crippen LogP contribution in [0.5, 0.6) is 0 Å². The zero-order valence-electron chi connectivity index (χ0n) is 18.2. The third-order valence-corrected chi connectivity index (χ3v) is 7.86. The number of anilines is 1. The number of benzene rings is 1. The van der Waals surface area contributed by atoms with E-state index in [1.54, 1.807) is 0 Å². The highest BCUT2D eigenvalue weighted by molar-refractivity contribution is 7.16. The number of ether oxygens (including phenoxy) is 1. The summed E-state index contributed by atoms with van der Waals surface area (Å²) in [5, 5.41) is 13.5. The first-order chi connectivity index (χ1) is 16.2. The number of thiophene rings is 1. The molecule has 2 aliphatic rings. The Hall–Kier alpha value is -3.49. The fraction of sp³-hybridized carbons (Fsp3) is 0.240. The number of fused-ring (bicyclic) bond motifs is 4. The van der Waals surface area contributed by atoms with Gasteiger partial charge in [0.2, 0.25) is 0 Å². The number of nitrogens with zero attached hydrogens (tertiary/aromatic N) is 5. The zero-order chi connectivity index (χ0) is 21.9. The molecule has 0 atom stereocenters. The van der Waals surface area contributed by atoms with Gasteiger partial charge in [-0.1, -0.05) is 12.1 Å². The average molecular weight is 455 g/mol. The number of pyridine rings is 1. The third kappa shape index (κ3) is 3.02. The van der Waals surface area contributed by atoms with Crippen LogP contribution in [0.25, 0.3) is 43.9 Å². The summed E-state index contributed by atoms with van der Waals surface area (Å²) in [4.78, 5) is 9.64. The van der Waals surface area contributed by atoms with Crippen molar-refractivity contribution in [3.8, 4) is 33.0 Å². The van der Waals surface area contributed by atoms with Gasteiger partial charge in [0.05, 0.1) is 36.3 Å². The predicted octanol–water partition coefficient (Wildman–Crippen LogP) is 4.49. The van der Waals surface area contributed by atoms with Crippen molar-refractivity contribution in [1.82, 2.24) is 25.0 Å². The van der Waals surface area contributed by atoms with E-state index in [1.165, 1.54) is 20.9 Å². The lowest BCUT2D eigenvalue weighted by molar-refractivity contribution is 0.122. The van der Waals surface area contributed by atoms with Gasteiger partial charge in [0.25, 0.3) is 0 Å². The van der Waals surface area contributed by atoms with Crippen LogP contribution in [0.4, 0.5) is 5.82 Å². The van der Waals surface area contributed by atoms with E-state index >= 15 is 0 Å². The number of hydrogen-bond acceptors (Lipinski definition) is 6. The highest BCUT2D eigenvalue weighted by Gasteiger charge is 2.28. The maximum absolute atomic E-state index is 5.45. The van der Waals surface area contributed by atoms with Crippen molar-refractivity contribution in [3.05, 3.63) is 59.2 Å². The molecule has 1 fully saturated rings. The number of aromatic amines is 1. The van der Waals surface area contributed by atoms with E-state index in [0.717, 1.165) is 72.0 Å².